The van der Waals surface area contributed by atoms with Gasteiger partial charge in [0.05, 0.1) is 0 Å². The van der Waals surface area contributed by atoms with Crippen LogP contribution in [0.2, 0.25) is 0 Å². The number of rotatable bonds is 6. The summed E-state index contributed by atoms with van der Waals surface area (Å²) in [6.07, 6.45) is 1.24. The largest absolute Gasteiger partial charge is 0.314 e. The molecule has 0 saturated carbocycles. The van der Waals surface area contributed by atoms with Gasteiger partial charge in [0.25, 0.3) is 0 Å². The van der Waals surface area contributed by atoms with E-state index in [0.29, 0.717) is 12.0 Å². The van der Waals surface area contributed by atoms with Crippen molar-refractivity contribution in [3.05, 3.63) is 35.9 Å². The van der Waals surface area contributed by atoms with Crippen LogP contribution in [0.3, 0.4) is 0 Å². The average molecular weight is 219 g/mol. The molecular formula is C15H25N. The van der Waals surface area contributed by atoms with Gasteiger partial charge >= 0.3 is 0 Å². The molecule has 0 heterocycles. The van der Waals surface area contributed by atoms with E-state index in [0.717, 1.165) is 12.5 Å². The molecule has 0 amide bonds. The summed E-state index contributed by atoms with van der Waals surface area (Å²) in [6, 6.07) is 11.4. The molecule has 2 atom stereocenters. The van der Waals surface area contributed by atoms with Gasteiger partial charge in [-0.25, -0.2) is 0 Å². The molecule has 16 heavy (non-hydrogen) atoms. The molecule has 0 aromatic heterocycles. The lowest BCUT2D eigenvalue weighted by Crippen LogP contribution is -2.34. The lowest BCUT2D eigenvalue weighted by Gasteiger charge is -2.26. The van der Waals surface area contributed by atoms with Gasteiger partial charge in [0.1, 0.15) is 0 Å². The van der Waals surface area contributed by atoms with E-state index in [9.17, 15) is 0 Å². The maximum atomic E-state index is 3.61. The number of likely N-dealkylation sites (N-methyl/N-ethyl adjacent to an activating group) is 1. The molecule has 90 valence electrons. The van der Waals surface area contributed by atoms with Gasteiger partial charge in [0.2, 0.25) is 0 Å². The molecule has 0 aliphatic carbocycles. The Kier molecular flexibility index (Phi) is 5.54. The summed E-state index contributed by atoms with van der Waals surface area (Å²) in [5.41, 5.74) is 1.44. The standard InChI is InChI=1S/C15H25N/c1-5-16-15(11-12(2)3)13(4)14-9-7-6-8-10-14/h6-10,12-13,15-16H,5,11H2,1-4H3. The Morgan fingerprint density at radius 1 is 1.06 bits per heavy atom. The van der Waals surface area contributed by atoms with Gasteiger partial charge in [-0.1, -0.05) is 58.0 Å². The van der Waals surface area contributed by atoms with E-state index in [4.69, 9.17) is 0 Å². The predicted molar refractivity (Wildman–Crippen MR) is 71.8 cm³/mol. The SMILES string of the molecule is CCNC(CC(C)C)C(C)c1ccccc1. The zero-order valence-electron chi connectivity index (χ0n) is 11.0. The molecule has 0 aliphatic heterocycles. The first-order valence-electron chi connectivity index (χ1n) is 6.43. The normalized spacial score (nSPS) is 15.1. The van der Waals surface area contributed by atoms with Crippen molar-refractivity contribution >= 4 is 0 Å². The van der Waals surface area contributed by atoms with Crippen LogP contribution in [-0.4, -0.2) is 12.6 Å². The first-order chi connectivity index (χ1) is 7.65. The minimum absolute atomic E-state index is 0.587. The Morgan fingerprint density at radius 3 is 2.19 bits per heavy atom. The third-order valence-electron chi connectivity index (χ3n) is 3.12. The van der Waals surface area contributed by atoms with Gasteiger partial charge in [-0.2, -0.15) is 0 Å². The molecule has 0 radical (unpaired) electrons. The summed E-state index contributed by atoms with van der Waals surface area (Å²) in [5.74, 6) is 1.33. The summed E-state index contributed by atoms with van der Waals surface area (Å²) in [4.78, 5) is 0. The molecule has 1 aromatic rings. The van der Waals surface area contributed by atoms with E-state index in [1.54, 1.807) is 0 Å². The van der Waals surface area contributed by atoms with Gasteiger partial charge in [-0.3, -0.25) is 0 Å². The molecule has 0 bridgehead atoms. The zero-order valence-corrected chi connectivity index (χ0v) is 11.0. The Morgan fingerprint density at radius 2 is 1.69 bits per heavy atom. The Bertz CT molecular complexity index is 279. The summed E-state index contributed by atoms with van der Waals surface area (Å²) in [6.45, 7) is 10.1. The number of nitrogens with one attached hydrogen (secondary N) is 1. The van der Waals surface area contributed by atoms with Crippen LogP contribution in [-0.2, 0) is 0 Å². The van der Waals surface area contributed by atoms with Crippen molar-refractivity contribution in [2.75, 3.05) is 6.54 Å². The maximum Gasteiger partial charge on any atom is 0.0135 e. The molecular weight excluding hydrogens is 194 g/mol. The third kappa shape index (κ3) is 3.97. The van der Waals surface area contributed by atoms with E-state index in [2.05, 4.69) is 63.3 Å². The first-order valence-corrected chi connectivity index (χ1v) is 6.43. The number of benzene rings is 1. The molecule has 0 saturated heterocycles. The highest BCUT2D eigenvalue weighted by atomic mass is 14.9. The van der Waals surface area contributed by atoms with Gasteiger partial charge in [-0.15, -0.1) is 0 Å². The maximum absolute atomic E-state index is 3.61. The van der Waals surface area contributed by atoms with Crippen molar-refractivity contribution in [2.24, 2.45) is 5.92 Å². The zero-order chi connectivity index (χ0) is 12.0. The first kappa shape index (κ1) is 13.2. The van der Waals surface area contributed by atoms with Crippen molar-refractivity contribution in [2.45, 2.75) is 46.1 Å². The van der Waals surface area contributed by atoms with Crippen LogP contribution in [0.5, 0.6) is 0 Å². The Labute approximate surface area is 100 Å². The monoisotopic (exact) mass is 219 g/mol. The van der Waals surface area contributed by atoms with Gasteiger partial charge in [-0.05, 0) is 30.4 Å². The van der Waals surface area contributed by atoms with Crippen molar-refractivity contribution in [1.29, 1.82) is 0 Å². The van der Waals surface area contributed by atoms with E-state index in [1.165, 1.54) is 12.0 Å². The number of hydrogen-bond donors (Lipinski definition) is 1. The molecule has 0 aliphatic rings. The third-order valence-corrected chi connectivity index (χ3v) is 3.12. The van der Waals surface area contributed by atoms with E-state index in [-0.39, 0.29) is 0 Å². The Balaban J connectivity index is 2.70. The van der Waals surface area contributed by atoms with Crippen LogP contribution in [0.15, 0.2) is 30.3 Å². The minimum atomic E-state index is 0.587. The highest BCUT2D eigenvalue weighted by molar-refractivity contribution is 5.20. The predicted octanol–water partition coefficient (Wildman–Crippen LogP) is 3.81. The topological polar surface area (TPSA) is 12.0 Å². The molecule has 2 unspecified atom stereocenters. The molecule has 0 fully saturated rings. The highest BCUT2D eigenvalue weighted by Crippen LogP contribution is 2.23. The number of hydrogen-bond acceptors (Lipinski definition) is 1. The highest BCUT2D eigenvalue weighted by Gasteiger charge is 2.18. The summed E-state index contributed by atoms with van der Waals surface area (Å²) in [7, 11) is 0. The van der Waals surface area contributed by atoms with Crippen molar-refractivity contribution in [1.82, 2.24) is 5.32 Å². The van der Waals surface area contributed by atoms with Crippen LogP contribution in [0.1, 0.15) is 45.6 Å². The summed E-state index contributed by atoms with van der Waals surface area (Å²) < 4.78 is 0. The van der Waals surface area contributed by atoms with E-state index in [1.807, 2.05) is 0 Å². The van der Waals surface area contributed by atoms with Crippen LogP contribution >= 0.6 is 0 Å². The van der Waals surface area contributed by atoms with Gasteiger partial charge in [0, 0.05) is 6.04 Å². The Hall–Kier alpha value is -0.820. The minimum Gasteiger partial charge on any atom is -0.314 e. The van der Waals surface area contributed by atoms with Crippen molar-refractivity contribution in [3.8, 4) is 0 Å². The second kappa shape index (κ2) is 6.70. The van der Waals surface area contributed by atoms with E-state index < -0.39 is 0 Å². The summed E-state index contributed by atoms with van der Waals surface area (Å²) in [5, 5.41) is 3.61. The van der Waals surface area contributed by atoms with E-state index >= 15 is 0 Å². The fraction of sp³-hybridized carbons (Fsp3) is 0.600. The molecule has 1 nitrogen and oxygen atoms in total. The van der Waals surface area contributed by atoms with Gasteiger partial charge in [0.15, 0.2) is 0 Å². The molecule has 1 N–H and O–H groups in total. The van der Waals surface area contributed by atoms with Crippen LogP contribution in [0.4, 0.5) is 0 Å². The van der Waals surface area contributed by atoms with Crippen LogP contribution in [0, 0.1) is 5.92 Å². The summed E-state index contributed by atoms with van der Waals surface area (Å²) >= 11 is 0. The van der Waals surface area contributed by atoms with Crippen molar-refractivity contribution in [3.63, 3.8) is 0 Å². The molecule has 1 rings (SSSR count). The van der Waals surface area contributed by atoms with Gasteiger partial charge < -0.3 is 5.32 Å². The van der Waals surface area contributed by atoms with Crippen LogP contribution < -0.4 is 5.32 Å². The molecule has 0 spiro atoms. The molecule has 1 aromatic carbocycles. The molecule has 1 heteroatoms. The van der Waals surface area contributed by atoms with Crippen molar-refractivity contribution < 1.29 is 0 Å². The quantitative estimate of drug-likeness (QED) is 0.767. The fourth-order valence-corrected chi connectivity index (χ4v) is 2.22. The second-order valence-corrected chi connectivity index (χ2v) is 4.99. The van der Waals surface area contributed by atoms with Crippen LogP contribution in [0.25, 0.3) is 0 Å². The second-order valence-electron chi connectivity index (χ2n) is 4.99. The average Bonchev–Trinajstić information content (AvgIpc) is 2.28. The lowest BCUT2D eigenvalue weighted by atomic mass is 9.88. The lowest BCUT2D eigenvalue weighted by molar-refractivity contribution is 0.382. The smallest absolute Gasteiger partial charge is 0.0135 e. The fourth-order valence-electron chi connectivity index (χ4n) is 2.22.